The van der Waals surface area contributed by atoms with Gasteiger partial charge in [0.25, 0.3) is 0 Å². The third-order valence-corrected chi connectivity index (χ3v) is 8.10. The molecule has 0 rings (SSSR count). The van der Waals surface area contributed by atoms with Crippen LogP contribution in [0.25, 0.3) is 0 Å². The average molecular weight is 645 g/mol. The molecule has 0 heterocycles. The van der Waals surface area contributed by atoms with Crippen LogP contribution in [0, 0.1) is 0 Å². The fourth-order valence-corrected chi connectivity index (χ4v) is 5.14. The van der Waals surface area contributed by atoms with Crippen molar-refractivity contribution in [3.05, 3.63) is 48.6 Å². The second-order valence-electron chi connectivity index (χ2n) is 12.6. The largest absolute Gasteiger partial charge is 0.462 e. The van der Waals surface area contributed by atoms with E-state index >= 15 is 0 Å². The van der Waals surface area contributed by atoms with Gasteiger partial charge in [-0.3, -0.25) is 9.59 Å². The molecule has 1 N–H and O–H groups in total. The van der Waals surface area contributed by atoms with Crippen molar-refractivity contribution in [1.29, 1.82) is 0 Å². The molecule has 0 aliphatic rings. The molecular weight excluding hydrogens is 572 g/mol. The maximum atomic E-state index is 12.1. The molecule has 1 atom stereocenters. The maximum absolute atomic E-state index is 12.1. The molecule has 0 aromatic heterocycles. The Kier molecular flexibility index (Phi) is 35.6. The number of hydrogen-bond donors (Lipinski definition) is 1. The van der Waals surface area contributed by atoms with Crippen molar-refractivity contribution in [2.45, 2.75) is 187 Å². The number of allylic oxidation sites excluding steroid dienone is 8. The van der Waals surface area contributed by atoms with E-state index < -0.39 is 6.10 Å². The summed E-state index contributed by atoms with van der Waals surface area (Å²) in [6.45, 7) is 4.06. The Balaban J connectivity index is 3.63. The van der Waals surface area contributed by atoms with Gasteiger partial charge in [0.1, 0.15) is 6.61 Å². The molecule has 0 saturated carbocycles. The molecule has 46 heavy (non-hydrogen) atoms. The van der Waals surface area contributed by atoms with Crippen LogP contribution < -0.4 is 0 Å². The summed E-state index contributed by atoms with van der Waals surface area (Å²) in [5.74, 6) is -0.642. The molecule has 5 heteroatoms. The summed E-state index contributed by atoms with van der Waals surface area (Å²) in [5, 5.41) is 9.53. The molecule has 0 aromatic carbocycles. The highest BCUT2D eigenvalue weighted by Gasteiger charge is 2.16. The van der Waals surface area contributed by atoms with Crippen molar-refractivity contribution >= 4 is 11.9 Å². The first-order chi connectivity index (χ1) is 22.6. The lowest BCUT2D eigenvalue weighted by atomic mass is 10.1. The molecule has 0 radical (unpaired) electrons. The molecule has 266 valence electrons. The molecule has 0 spiro atoms. The number of aliphatic hydroxyl groups is 1. The smallest absolute Gasteiger partial charge is 0.306 e. The second-order valence-corrected chi connectivity index (χ2v) is 12.6. The van der Waals surface area contributed by atoms with Crippen molar-refractivity contribution in [3.8, 4) is 0 Å². The van der Waals surface area contributed by atoms with E-state index in [0.29, 0.717) is 12.8 Å². The first-order valence-corrected chi connectivity index (χ1v) is 19.2. The SMILES string of the molecule is CCCCCC=CCC=CCC=CCCCCC(=O)O[C@@H](CO)COC(=O)CCCCCCCCCC=CCCCCCCCC. The lowest BCUT2D eigenvalue weighted by Crippen LogP contribution is -2.28. The topological polar surface area (TPSA) is 72.8 Å². The Bertz CT molecular complexity index is 782. The number of carbonyl (C=O) groups excluding carboxylic acids is 2. The molecule has 5 nitrogen and oxygen atoms in total. The minimum Gasteiger partial charge on any atom is -0.462 e. The number of esters is 2. The van der Waals surface area contributed by atoms with Crippen molar-refractivity contribution in [3.63, 3.8) is 0 Å². The van der Waals surface area contributed by atoms with E-state index in [1.165, 1.54) is 103 Å². The minimum atomic E-state index is -0.792. The third-order valence-electron chi connectivity index (χ3n) is 8.10. The van der Waals surface area contributed by atoms with Gasteiger partial charge in [-0.25, -0.2) is 0 Å². The van der Waals surface area contributed by atoms with Gasteiger partial charge < -0.3 is 14.6 Å². The zero-order chi connectivity index (χ0) is 33.6. The van der Waals surface area contributed by atoms with E-state index in [1.807, 2.05) is 0 Å². The fourth-order valence-electron chi connectivity index (χ4n) is 5.14. The van der Waals surface area contributed by atoms with E-state index in [4.69, 9.17) is 9.47 Å². The van der Waals surface area contributed by atoms with Crippen LogP contribution in [0.5, 0.6) is 0 Å². The normalized spacial score (nSPS) is 12.7. The fraction of sp³-hybridized carbons (Fsp3) is 0.756. The highest BCUT2D eigenvalue weighted by molar-refractivity contribution is 5.70. The number of unbranched alkanes of at least 4 members (excludes halogenated alkanes) is 18. The summed E-state index contributed by atoms with van der Waals surface area (Å²) >= 11 is 0. The minimum absolute atomic E-state index is 0.0839. The quantitative estimate of drug-likeness (QED) is 0.0429. The highest BCUT2D eigenvalue weighted by atomic mass is 16.6. The maximum Gasteiger partial charge on any atom is 0.306 e. The molecule has 0 saturated heterocycles. The van der Waals surface area contributed by atoms with Crippen LogP contribution >= 0.6 is 0 Å². The van der Waals surface area contributed by atoms with Crippen molar-refractivity contribution < 1.29 is 24.2 Å². The van der Waals surface area contributed by atoms with Gasteiger partial charge in [0, 0.05) is 12.8 Å². The lowest BCUT2D eigenvalue weighted by molar-refractivity contribution is -0.161. The van der Waals surface area contributed by atoms with Gasteiger partial charge in [0.2, 0.25) is 0 Å². The Morgan fingerprint density at radius 3 is 1.41 bits per heavy atom. The number of ether oxygens (including phenoxy) is 2. The number of aliphatic hydroxyl groups excluding tert-OH is 1. The lowest BCUT2D eigenvalue weighted by Gasteiger charge is -2.15. The molecule has 0 bridgehead atoms. The van der Waals surface area contributed by atoms with E-state index in [-0.39, 0.29) is 25.2 Å². The van der Waals surface area contributed by atoms with Crippen molar-refractivity contribution in [1.82, 2.24) is 0 Å². The zero-order valence-corrected chi connectivity index (χ0v) is 30.1. The van der Waals surface area contributed by atoms with E-state index in [9.17, 15) is 14.7 Å². The van der Waals surface area contributed by atoms with Crippen molar-refractivity contribution in [2.75, 3.05) is 13.2 Å². The molecule has 0 amide bonds. The van der Waals surface area contributed by atoms with Crippen LogP contribution in [-0.2, 0) is 19.1 Å². The molecule has 0 unspecified atom stereocenters. The van der Waals surface area contributed by atoms with Crippen molar-refractivity contribution in [2.24, 2.45) is 0 Å². The molecule has 0 aliphatic heterocycles. The molecular formula is C41H72O5. The van der Waals surface area contributed by atoms with Crippen LogP contribution in [0.4, 0.5) is 0 Å². The number of carbonyl (C=O) groups is 2. The third kappa shape index (κ3) is 34.7. The van der Waals surface area contributed by atoms with Crippen LogP contribution in [-0.4, -0.2) is 36.4 Å². The summed E-state index contributed by atoms with van der Waals surface area (Å²) in [6.07, 6.45) is 46.0. The predicted octanol–water partition coefficient (Wildman–Crippen LogP) is 11.8. The first kappa shape index (κ1) is 43.9. The van der Waals surface area contributed by atoms with Gasteiger partial charge in [0.05, 0.1) is 6.61 Å². The van der Waals surface area contributed by atoms with E-state index in [0.717, 1.165) is 51.4 Å². The number of rotatable bonds is 34. The van der Waals surface area contributed by atoms with Gasteiger partial charge in [-0.05, 0) is 77.0 Å². The standard InChI is InChI=1S/C41H72O5/c1-3-5-7-9-11-13-15-17-19-20-22-23-25-27-29-31-33-35-40(43)45-38-39(37-42)46-41(44)36-34-32-30-28-26-24-21-18-16-14-12-10-8-6-4-2/h12,14,17-19,21,26,28,39,42H,3-11,13,15-16,20,22-25,27,29-38H2,1-2H3/t39-/m0/s1. The van der Waals surface area contributed by atoms with Crippen LogP contribution in [0.3, 0.4) is 0 Å². The summed E-state index contributed by atoms with van der Waals surface area (Å²) in [4.78, 5) is 24.2. The monoisotopic (exact) mass is 645 g/mol. The Morgan fingerprint density at radius 1 is 0.500 bits per heavy atom. The Labute approximate surface area is 284 Å². The van der Waals surface area contributed by atoms with E-state index in [2.05, 4.69) is 62.5 Å². The van der Waals surface area contributed by atoms with Gasteiger partial charge in [-0.1, -0.05) is 140 Å². The van der Waals surface area contributed by atoms with Crippen LogP contribution in [0.2, 0.25) is 0 Å². The molecule has 0 aliphatic carbocycles. The van der Waals surface area contributed by atoms with Gasteiger partial charge in [0.15, 0.2) is 6.10 Å². The zero-order valence-electron chi connectivity index (χ0n) is 30.1. The first-order valence-electron chi connectivity index (χ1n) is 19.2. The average Bonchev–Trinajstić information content (AvgIpc) is 3.06. The van der Waals surface area contributed by atoms with E-state index in [1.54, 1.807) is 0 Å². The Hall–Kier alpha value is -2.14. The van der Waals surface area contributed by atoms with Gasteiger partial charge >= 0.3 is 11.9 Å². The van der Waals surface area contributed by atoms with Gasteiger partial charge in [-0.2, -0.15) is 0 Å². The summed E-state index contributed by atoms with van der Waals surface area (Å²) < 4.78 is 10.6. The summed E-state index contributed by atoms with van der Waals surface area (Å²) in [5.41, 5.74) is 0. The molecule has 0 aromatic rings. The van der Waals surface area contributed by atoms with Crippen LogP contribution in [0.1, 0.15) is 181 Å². The highest BCUT2D eigenvalue weighted by Crippen LogP contribution is 2.12. The van der Waals surface area contributed by atoms with Crippen LogP contribution in [0.15, 0.2) is 48.6 Å². The molecule has 0 fully saturated rings. The predicted molar refractivity (Wildman–Crippen MR) is 196 cm³/mol. The Morgan fingerprint density at radius 2 is 0.870 bits per heavy atom. The van der Waals surface area contributed by atoms with Gasteiger partial charge in [-0.15, -0.1) is 0 Å². The number of hydrogen-bond acceptors (Lipinski definition) is 5. The summed E-state index contributed by atoms with van der Waals surface area (Å²) in [7, 11) is 0. The summed E-state index contributed by atoms with van der Waals surface area (Å²) in [6, 6.07) is 0. The second kappa shape index (κ2) is 37.3.